The summed E-state index contributed by atoms with van der Waals surface area (Å²) in [5.41, 5.74) is 0.468. The number of nitrogens with one attached hydrogen (secondary N) is 3. The van der Waals surface area contributed by atoms with Crippen molar-refractivity contribution in [1.29, 1.82) is 0 Å². The highest BCUT2D eigenvalue weighted by Crippen LogP contribution is 2.23. The standard InChI is InChI=1S/C20H32N4O2/c1-3-21-20(24-17-9-4-7-15(2)13-17)23-12-6-11-22-19(26)16-8-5-10-18(25)14-16/h5,8,10,14-15,17,25H,3-4,6-7,9,11-13H2,1-2H3,(H,22,26)(H2,21,23,24). The number of hydrogen-bond donors (Lipinski definition) is 4. The van der Waals surface area contributed by atoms with Gasteiger partial charge in [-0.15, -0.1) is 0 Å². The first-order valence-corrected chi connectivity index (χ1v) is 9.70. The maximum atomic E-state index is 12.0. The molecule has 6 nitrogen and oxygen atoms in total. The number of benzene rings is 1. The van der Waals surface area contributed by atoms with Crippen LogP contribution in [0.15, 0.2) is 29.3 Å². The smallest absolute Gasteiger partial charge is 0.251 e. The molecular weight excluding hydrogens is 328 g/mol. The molecule has 0 saturated heterocycles. The zero-order chi connectivity index (χ0) is 18.8. The van der Waals surface area contributed by atoms with E-state index >= 15 is 0 Å². The Kier molecular flexibility index (Phi) is 8.25. The largest absolute Gasteiger partial charge is 0.508 e. The molecule has 0 spiro atoms. The predicted octanol–water partition coefficient (Wildman–Crippen LogP) is 2.65. The van der Waals surface area contributed by atoms with Crippen molar-refractivity contribution in [2.24, 2.45) is 10.9 Å². The lowest BCUT2D eigenvalue weighted by atomic mass is 9.87. The second kappa shape index (κ2) is 10.7. The van der Waals surface area contributed by atoms with Crippen molar-refractivity contribution >= 4 is 11.9 Å². The number of aromatic hydroxyl groups is 1. The third-order valence-electron chi connectivity index (χ3n) is 4.62. The van der Waals surface area contributed by atoms with Crippen molar-refractivity contribution in [3.8, 4) is 5.75 Å². The molecule has 0 radical (unpaired) electrons. The lowest BCUT2D eigenvalue weighted by Gasteiger charge is -2.28. The number of hydrogen-bond acceptors (Lipinski definition) is 3. The summed E-state index contributed by atoms with van der Waals surface area (Å²) in [5.74, 6) is 1.56. The summed E-state index contributed by atoms with van der Waals surface area (Å²) in [5, 5.41) is 19.1. The molecule has 1 aliphatic rings. The van der Waals surface area contributed by atoms with Gasteiger partial charge in [-0.05, 0) is 50.3 Å². The van der Waals surface area contributed by atoms with Crippen LogP contribution in [0.1, 0.15) is 56.3 Å². The molecule has 26 heavy (non-hydrogen) atoms. The van der Waals surface area contributed by atoms with E-state index in [1.165, 1.54) is 31.7 Å². The first-order valence-electron chi connectivity index (χ1n) is 9.70. The van der Waals surface area contributed by atoms with Crippen molar-refractivity contribution in [3.63, 3.8) is 0 Å². The topological polar surface area (TPSA) is 85.8 Å². The molecular formula is C20H32N4O2. The average molecular weight is 361 g/mol. The third kappa shape index (κ3) is 6.94. The number of aliphatic imine (C=N–C) groups is 1. The van der Waals surface area contributed by atoms with Gasteiger partial charge >= 0.3 is 0 Å². The van der Waals surface area contributed by atoms with Gasteiger partial charge in [-0.1, -0.05) is 25.8 Å². The van der Waals surface area contributed by atoms with E-state index < -0.39 is 0 Å². The van der Waals surface area contributed by atoms with Crippen LogP contribution in [0.3, 0.4) is 0 Å². The Morgan fingerprint density at radius 2 is 2.15 bits per heavy atom. The Labute approximate surface area is 156 Å². The van der Waals surface area contributed by atoms with Crippen molar-refractivity contribution in [2.75, 3.05) is 19.6 Å². The van der Waals surface area contributed by atoms with Gasteiger partial charge in [-0.25, -0.2) is 0 Å². The fourth-order valence-corrected chi connectivity index (χ4v) is 3.30. The number of nitrogens with zero attached hydrogens (tertiary/aromatic N) is 1. The molecule has 1 aromatic carbocycles. The first-order chi connectivity index (χ1) is 12.6. The number of rotatable bonds is 7. The molecule has 2 rings (SSSR count). The van der Waals surface area contributed by atoms with Crippen LogP contribution in [0, 0.1) is 5.92 Å². The number of guanidine groups is 1. The van der Waals surface area contributed by atoms with Crippen LogP contribution in [0.4, 0.5) is 0 Å². The second-order valence-electron chi connectivity index (χ2n) is 7.03. The van der Waals surface area contributed by atoms with Gasteiger partial charge in [0.1, 0.15) is 5.75 Å². The molecule has 0 aromatic heterocycles. The van der Waals surface area contributed by atoms with Crippen LogP contribution in [0.5, 0.6) is 5.75 Å². The molecule has 1 aromatic rings. The Morgan fingerprint density at radius 1 is 1.31 bits per heavy atom. The van der Waals surface area contributed by atoms with Gasteiger partial charge in [0.05, 0.1) is 0 Å². The van der Waals surface area contributed by atoms with Gasteiger partial charge < -0.3 is 21.1 Å². The second-order valence-corrected chi connectivity index (χ2v) is 7.03. The van der Waals surface area contributed by atoms with Gasteiger partial charge in [-0.3, -0.25) is 9.79 Å². The summed E-state index contributed by atoms with van der Waals surface area (Å²) >= 11 is 0. The van der Waals surface area contributed by atoms with Crippen LogP contribution < -0.4 is 16.0 Å². The number of phenols is 1. The predicted molar refractivity (Wildman–Crippen MR) is 106 cm³/mol. The lowest BCUT2D eigenvalue weighted by molar-refractivity contribution is 0.0953. The van der Waals surface area contributed by atoms with E-state index in [4.69, 9.17) is 0 Å². The van der Waals surface area contributed by atoms with E-state index in [1.807, 2.05) is 0 Å². The monoisotopic (exact) mass is 360 g/mol. The molecule has 1 amide bonds. The Bertz CT molecular complexity index is 603. The summed E-state index contributed by atoms with van der Waals surface area (Å²) in [4.78, 5) is 16.6. The van der Waals surface area contributed by atoms with Crippen LogP contribution in [-0.4, -0.2) is 42.6 Å². The minimum Gasteiger partial charge on any atom is -0.508 e. The Morgan fingerprint density at radius 3 is 2.88 bits per heavy atom. The molecule has 4 N–H and O–H groups in total. The highest BCUT2D eigenvalue weighted by Gasteiger charge is 2.19. The van der Waals surface area contributed by atoms with Crippen LogP contribution >= 0.6 is 0 Å². The van der Waals surface area contributed by atoms with E-state index in [9.17, 15) is 9.90 Å². The average Bonchev–Trinajstić information content (AvgIpc) is 2.61. The van der Waals surface area contributed by atoms with Gasteiger partial charge in [-0.2, -0.15) is 0 Å². The summed E-state index contributed by atoms with van der Waals surface area (Å²) in [7, 11) is 0. The van der Waals surface area contributed by atoms with Crippen LogP contribution in [0.2, 0.25) is 0 Å². The molecule has 1 fully saturated rings. The fraction of sp³-hybridized carbons (Fsp3) is 0.600. The number of carbonyl (C=O) groups excluding carboxylic acids is 1. The molecule has 2 atom stereocenters. The normalized spacial score (nSPS) is 20.5. The fourth-order valence-electron chi connectivity index (χ4n) is 3.30. The zero-order valence-electron chi connectivity index (χ0n) is 15.9. The SMILES string of the molecule is CCNC(=NCCCNC(=O)c1cccc(O)c1)NC1CCCC(C)C1. The van der Waals surface area contributed by atoms with Crippen molar-refractivity contribution in [2.45, 2.75) is 52.0 Å². The van der Waals surface area contributed by atoms with Gasteiger partial charge in [0, 0.05) is 31.2 Å². The van der Waals surface area contributed by atoms with Crippen molar-refractivity contribution in [3.05, 3.63) is 29.8 Å². The Hall–Kier alpha value is -2.24. The van der Waals surface area contributed by atoms with E-state index in [1.54, 1.807) is 18.2 Å². The molecule has 0 bridgehead atoms. The third-order valence-corrected chi connectivity index (χ3v) is 4.62. The van der Waals surface area contributed by atoms with E-state index in [0.29, 0.717) is 24.7 Å². The lowest BCUT2D eigenvalue weighted by Crippen LogP contribution is -2.45. The number of amides is 1. The minimum atomic E-state index is -0.175. The molecule has 6 heteroatoms. The number of carbonyl (C=O) groups is 1. The molecule has 2 unspecified atom stereocenters. The summed E-state index contributed by atoms with van der Waals surface area (Å²) < 4.78 is 0. The van der Waals surface area contributed by atoms with E-state index in [2.05, 4.69) is 34.8 Å². The quantitative estimate of drug-likeness (QED) is 0.342. The minimum absolute atomic E-state index is 0.0978. The van der Waals surface area contributed by atoms with E-state index in [0.717, 1.165) is 24.8 Å². The van der Waals surface area contributed by atoms with Crippen LogP contribution in [0.25, 0.3) is 0 Å². The molecule has 0 heterocycles. The number of phenolic OH excluding ortho intramolecular Hbond substituents is 1. The van der Waals surface area contributed by atoms with E-state index in [-0.39, 0.29) is 11.7 Å². The van der Waals surface area contributed by atoms with Crippen molar-refractivity contribution < 1.29 is 9.90 Å². The molecule has 1 saturated carbocycles. The summed E-state index contributed by atoms with van der Waals surface area (Å²) in [6.07, 6.45) is 5.77. The van der Waals surface area contributed by atoms with Crippen molar-refractivity contribution in [1.82, 2.24) is 16.0 Å². The molecule has 1 aliphatic carbocycles. The maximum Gasteiger partial charge on any atom is 0.251 e. The molecule has 0 aliphatic heterocycles. The molecule has 144 valence electrons. The Balaban J connectivity index is 1.72. The summed E-state index contributed by atoms with van der Waals surface area (Å²) in [6, 6.07) is 6.86. The van der Waals surface area contributed by atoms with Gasteiger partial charge in [0.2, 0.25) is 0 Å². The van der Waals surface area contributed by atoms with Crippen LogP contribution in [-0.2, 0) is 0 Å². The highest BCUT2D eigenvalue weighted by atomic mass is 16.3. The van der Waals surface area contributed by atoms with Gasteiger partial charge in [0.15, 0.2) is 5.96 Å². The van der Waals surface area contributed by atoms with Gasteiger partial charge in [0.25, 0.3) is 5.91 Å². The first kappa shape index (κ1) is 20.1. The maximum absolute atomic E-state index is 12.0. The zero-order valence-corrected chi connectivity index (χ0v) is 15.9. The summed E-state index contributed by atoms with van der Waals surface area (Å²) in [6.45, 7) is 6.42. The highest BCUT2D eigenvalue weighted by molar-refractivity contribution is 5.94.